The van der Waals surface area contributed by atoms with Gasteiger partial charge in [-0.25, -0.2) is 8.42 Å². The molecule has 5 nitrogen and oxygen atoms in total. The molecule has 1 saturated heterocycles. The van der Waals surface area contributed by atoms with Gasteiger partial charge in [0.25, 0.3) is 10.0 Å². The molecule has 0 saturated carbocycles. The number of thiophene rings is 1. The Morgan fingerprint density at radius 3 is 2.56 bits per heavy atom. The Hall–Kier alpha value is -1.22. The minimum atomic E-state index is -3.43. The van der Waals surface area contributed by atoms with Crippen molar-refractivity contribution in [3.05, 3.63) is 51.3 Å². The van der Waals surface area contributed by atoms with E-state index in [0.717, 1.165) is 34.2 Å². The van der Waals surface area contributed by atoms with Gasteiger partial charge in [0.2, 0.25) is 5.91 Å². The molecular weight excluding hydrogens is 448 g/mol. The number of rotatable bonds is 6. The normalized spacial score (nSPS) is 15.6. The van der Waals surface area contributed by atoms with Crippen molar-refractivity contribution in [2.24, 2.45) is 0 Å². The zero-order valence-electron chi connectivity index (χ0n) is 15.2. The van der Waals surface area contributed by atoms with Gasteiger partial charge in [-0.1, -0.05) is 40.5 Å². The second-order valence-corrected chi connectivity index (χ2v) is 10.9. The second kappa shape index (κ2) is 8.86. The molecule has 1 aromatic carbocycles. The van der Waals surface area contributed by atoms with Gasteiger partial charge in [0.1, 0.15) is 4.21 Å². The van der Waals surface area contributed by atoms with Gasteiger partial charge < -0.3 is 4.90 Å². The molecule has 1 aromatic heterocycles. The van der Waals surface area contributed by atoms with E-state index in [1.165, 1.54) is 11.3 Å². The maximum Gasteiger partial charge on any atom is 0.252 e. The molecule has 0 N–H and O–H groups in total. The standard InChI is InChI=1S/C19H23BrN2O3S2/c1-21(14-15-7-3-4-8-17(15)20)18(23)13-16-9-10-19(26-16)27(24,25)22-11-5-2-6-12-22/h3-4,7-10H,2,5-6,11-14H2,1H3. The van der Waals surface area contributed by atoms with Crippen LogP contribution in [0.2, 0.25) is 0 Å². The summed E-state index contributed by atoms with van der Waals surface area (Å²) in [6.07, 6.45) is 3.12. The van der Waals surface area contributed by atoms with E-state index in [2.05, 4.69) is 15.9 Å². The van der Waals surface area contributed by atoms with Crippen molar-refractivity contribution >= 4 is 43.2 Å². The zero-order valence-corrected chi connectivity index (χ0v) is 18.4. The van der Waals surface area contributed by atoms with Gasteiger partial charge in [0, 0.05) is 36.0 Å². The summed E-state index contributed by atoms with van der Waals surface area (Å²) in [7, 11) is -1.67. The molecule has 27 heavy (non-hydrogen) atoms. The maximum absolute atomic E-state index is 12.7. The Morgan fingerprint density at radius 1 is 1.15 bits per heavy atom. The van der Waals surface area contributed by atoms with Crippen LogP contribution in [-0.2, 0) is 27.8 Å². The van der Waals surface area contributed by atoms with E-state index in [1.54, 1.807) is 28.4 Å². The van der Waals surface area contributed by atoms with Crippen LogP contribution in [0.5, 0.6) is 0 Å². The minimum Gasteiger partial charge on any atom is -0.341 e. The first-order chi connectivity index (χ1) is 12.9. The number of nitrogens with zero attached hydrogens (tertiary/aromatic N) is 2. The van der Waals surface area contributed by atoms with Gasteiger partial charge >= 0.3 is 0 Å². The molecule has 0 unspecified atom stereocenters. The highest BCUT2D eigenvalue weighted by Crippen LogP contribution is 2.27. The highest BCUT2D eigenvalue weighted by Gasteiger charge is 2.27. The summed E-state index contributed by atoms with van der Waals surface area (Å²) in [5.41, 5.74) is 1.04. The molecule has 0 aliphatic carbocycles. The number of amides is 1. The van der Waals surface area contributed by atoms with Crippen molar-refractivity contribution in [2.45, 2.75) is 36.4 Å². The lowest BCUT2D eigenvalue weighted by Crippen LogP contribution is -2.35. The summed E-state index contributed by atoms with van der Waals surface area (Å²) < 4.78 is 28.3. The predicted octanol–water partition coefficient (Wildman–Crippen LogP) is 3.89. The van der Waals surface area contributed by atoms with Crippen LogP contribution in [0.1, 0.15) is 29.7 Å². The number of hydrogen-bond donors (Lipinski definition) is 0. The van der Waals surface area contributed by atoms with Gasteiger partial charge in [-0.3, -0.25) is 4.79 Å². The first kappa shape index (κ1) is 20.5. The Morgan fingerprint density at radius 2 is 1.85 bits per heavy atom. The second-order valence-electron chi connectivity index (χ2n) is 6.70. The lowest BCUT2D eigenvalue weighted by molar-refractivity contribution is -0.129. The highest BCUT2D eigenvalue weighted by molar-refractivity contribution is 9.10. The van der Waals surface area contributed by atoms with Crippen LogP contribution >= 0.6 is 27.3 Å². The minimum absolute atomic E-state index is 0.0328. The van der Waals surface area contributed by atoms with Crippen molar-refractivity contribution in [3.8, 4) is 0 Å². The third-order valence-electron chi connectivity index (χ3n) is 4.66. The predicted molar refractivity (Wildman–Crippen MR) is 111 cm³/mol. The molecule has 8 heteroatoms. The first-order valence-corrected chi connectivity index (χ1v) is 12.0. The Balaban J connectivity index is 1.64. The number of piperidine rings is 1. The van der Waals surface area contributed by atoms with E-state index >= 15 is 0 Å². The van der Waals surface area contributed by atoms with Gasteiger partial charge in [-0.05, 0) is 36.6 Å². The fourth-order valence-corrected chi connectivity index (χ4v) is 6.51. The molecular formula is C19H23BrN2O3S2. The Kier molecular flexibility index (Phi) is 6.73. The number of halogens is 1. The smallest absolute Gasteiger partial charge is 0.252 e. The van der Waals surface area contributed by atoms with Gasteiger partial charge in [-0.15, -0.1) is 11.3 Å². The summed E-state index contributed by atoms with van der Waals surface area (Å²) in [5, 5.41) is 0. The molecule has 1 aliphatic heterocycles. The average molecular weight is 471 g/mol. The molecule has 0 radical (unpaired) electrons. The molecule has 1 fully saturated rings. The monoisotopic (exact) mass is 470 g/mol. The highest BCUT2D eigenvalue weighted by atomic mass is 79.9. The number of benzene rings is 1. The first-order valence-electron chi connectivity index (χ1n) is 8.94. The molecule has 2 heterocycles. The lowest BCUT2D eigenvalue weighted by atomic mass is 10.2. The lowest BCUT2D eigenvalue weighted by Gasteiger charge is -2.25. The summed E-state index contributed by atoms with van der Waals surface area (Å²) in [5.74, 6) is -0.0328. The van der Waals surface area contributed by atoms with Crippen LogP contribution in [0, 0.1) is 0 Å². The molecule has 0 atom stereocenters. The fourth-order valence-electron chi connectivity index (χ4n) is 3.08. The fraction of sp³-hybridized carbons (Fsp3) is 0.421. The number of carbonyl (C=O) groups excluding carboxylic acids is 1. The van der Waals surface area contributed by atoms with E-state index in [1.807, 2.05) is 24.3 Å². The maximum atomic E-state index is 12.7. The van der Waals surface area contributed by atoms with Crippen molar-refractivity contribution in [2.75, 3.05) is 20.1 Å². The van der Waals surface area contributed by atoms with Crippen LogP contribution in [0.3, 0.4) is 0 Å². The van der Waals surface area contributed by atoms with E-state index in [9.17, 15) is 13.2 Å². The van der Waals surface area contributed by atoms with Crippen molar-refractivity contribution in [1.82, 2.24) is 9.21 Å². The third-order valence-corrected chi connectivity index (χ3v) is 8.89. The quantitative estimate of drug-likeness (QED) is 0.643. The molecule has 2 aromatic rings. The van der Waals surface area contributed by atoms with E-state index in [0.29, 0.717) is 23.8 Å². The van der Waals surface area contributed by atoms with Crippen LogP contribution in [0.15, 0.2) is 45.1 Å². The molecule has 3 rings (SSSR count). The summed E-state index contributed by atoms with van der Waals surface area (Å²) in [6, 6.07) is 11.2. The number of likely N-dealkylation sites (N-methyl/N-ethyl adjacent to an activating group) is 1. The summed E-state index contributed by atoms with van der Waals surface area (Å²) >= 11 is 4.70. The van der Waals surface area contributed by atoms with Crippen molar-refractivity contribution in [1.29, 1.82) is 0 Å². The summed E-state index contributed by atoms with van der Waals surface area (Å²) in [4.78, 5) is 15.0. The van der Waals surface area contributed by atoms with Crippen molar-refractivity contribution < 1.29 is 13.2 Å². The van der Waals surface area contributed by atoms with Crippen LogP contribution in [0.4, 0.5) is 0 Å². The zero-order chi connectivity index (χ0) is 19.4. The van der Waals surface area contributed by atoms with Crippen LogP contribution in [-0.4, -0.2) is 43.7 Å². The molecule has 1 amide bonds. The van der Waals surface area contributed by atoms with Crippen LogP contribution < -0.4 is 0 Å². The number of carbonyl (C=O) groups is 1. The largest absolute Gasteiger partial charge is 0.341 e. The Labute approximate surface area is 173 Å². The molecule has 146 valence electrons. The van der Waals surface area contributed by atoms with E-state index in [4.69, 9.17) is 0 Å². The molecule has 0 bridgehead atoms. The number of sulfonamides is 1. The van der Waals surface area contributed by atoms with E-state index < -0.39 is 10.0 Å². The molecule has 1 aliphatic rings. The van der Waals surface area contributed by atoms with Gasteiger partial charge in [-0.2, -0.15) is 4.31 Å². The molecule has 0 spiro atoms. The third kappa shape index (κ3) is 4.99. The SMILES string of the molecule is CN(Cc1ccccc1Br)C(=O)Cc1ccc(S(=O)(=O)N2CCCCC2)s1. The average Bonchev–Trinajstić information content (AvgIpc) is 3.13. The van der Waals surface area contributed by atoms with Gasteiger partial charge in [0.15, 0.2) is 0 Å². The van der Waals surface area contributed by atoms with Crippen LogP contribution in [0.25, 0.3) is 0 Å². The summed E-state index contributed by atoms with van der Waals surface area (Å²) in [6.45, 7) is 1.68. The van der Waals surface area contributed by atoms with E-state index in [-0.39, 0.29) is 12.3 Å². The number of hydrogen-bond acceptors (Lipinski definition) is 4. The Bertz CT molecular complexity index is 905. The van der Waals surface area contributed by atoms with Crippen molar-refractivity contribution in [3.63, 3.8) is 0 Å². The van der Waals surface area contributed by atoms with Gasteiger partial charge in [0.05, 0.1) is 6.42 Å². The topological polar surface area (TPSA) is 57.7 Å².